The molecule has 0 bridgehead atoms. The summed E-state index contributed by atoms with van der Waals surface area (Å²) >= 11 is 0. The number of H-pyrrole nitrogens is 1. The lowest BCUT2D eigenvalue weighted by atomic mass is 9.98. The number of likely N-dealkylation sites (tertiary alicyclic amines) is 1. The monoisotopic (exact) mass is 394 g/mol. The van der Waals surface area contributed by atoms with Gasteiger partial charge in [-0.1, -0.05) is 6.42 Å². The summed E-state index contributed by atoms with van der Waals surface area (Å²) in [6, 6.07) is 5.95. The van der Waals surface area contributed by atoms with Crippen LogP contribution in [0.15, 0.2) is 23.0 Å². The summed E-state index contributed by atoms with van der Waals surface area (Å²) in [4.78, 5) is 18.7. The molecule has 1 aromatic carbocycles. The molecule has 0 saturated carbocycles. The van der Waals surface area contributed by atoms with E-state index in [-0.39, 0.29) is 17.1 Å². The number of nitrogens with one attached hydrogen (secondary N) is 1. The van der Waals surface area contributed by atoms with E-state index in [9.17, 15) is 4.79 Å². The lowest BCUT2D eigenvalue weighted by molar-refractivity contribution is 0.170. The second kappa shape index (κ2) is 7.37. The van der Waals surface area contributed by atoms with Gasteiger partial charge in [0.1, 0.15) is 6.04 Å². The highest BCUT2D eigenvalue weighted by atomic mass is 16.1. The number of aromatic amines is 1. The van der Waals surface area contributed by atoms with Gasteiger partial charge < -0.3 is 4.98 Å². The van der Waals surface area contributed by atoms with Crippen LogP contribution in [0.2, 0.25) is 0 Å². The molecular weight excluding hydrogens is 364 g/mol. The van der Waals surface area contributed by atoms with Gasteiger partial charge in [-0.05, 0) is 106 Å². The summed E-state index contributed by atoms with van der Waals surface area (Å²) < 4.78 is 1.86. The molecule has 1 saturated heterocycles. The van der Waals surface area contributed by atoms with Gasteiger partial charge >= 0.3 is 0 Å². The van der Waals surface area contributed by atoms with Gasteiger partial charge in [0.05, 0.1) is 5.54 Å². The first kappa shape index (κ1) is 19.8. The standard InChI is InChI=1S/C22H30N6O/c1-14-11-16-13-17(21(29)23-18(16)12-15(14)2)19(27-9-7-6-8-10-27)20-24-25-26-28(20)22(3,4)5/h11-13,19H,6-10H2,1-5H3,(H,23,29)/t19-/m1/s1. The fourth-order valence-corrected chi connectivity index (χ4v) is 4.21. The Bertz CT molecular complexity index is 1080. The highest BCUT2D eigenvalue weighted by molar-refractivity contribution is 5.81. The van der Waals surface area contributed by atoms with Crippen molar-refractivity contribution in [3.8, 4) is 0 Å². The van der Waals surface area contributed by atoms with E-state index < -0.39 is 0 Å². The van der Waals surface area contributed by atoms with Crippen molar-refractivity contribution in [2.45, 2.75) is 65.5 Å². The van der Waals surface area contributed by atoms with E-state index in [0.717, 1.165) is 42.7 Å². The number of fused-ring (bicyclic) bond motifs is 1. The molecule has 1 atom stereocenters. The van der Waals surface area contributed by atoms with Crippen LogP contribution >= 0.6 is 0 Å². The minimum absolute atomic E-state index is 0.0696. The van der Waals surface area contributed by atoms with Crippen LogP contribution in [0.5, 0.6) is 0 Å². The Labute approximate surface area is 171 Å². The zero-order valence-corrected chi connectivity index (χ0v) is 18.0. The zero-order chi connectivity index (χ0) is 20.8. The average molecular weight is 395 g/mol. The Morgan fingerprint density at radius 3 is 2.41 bits per heavy atom. The number of aryl methyl sites for hydroxylation is 2. The van der Waals surface area contributed by atoms with Crippen molar-refractivity contribution in [1.82, 2.24) is 30.1 Å². The SMILES string of the molecule is Cc1cc2cc([C@H](c3nnnn3C(C)(C)C)N3CCCCC3)c(=O)[nH]c2cc1C. The van der Waals surface area contributed by atoms with E-state index in [2.05, 4.69) is 66.1 Å². The van der Waals surface area contributed by atoms with Crippen molar-refractivity contribution in [2.75, 3.05) is 13.1 Å². The number of pyridine rings is 1. The quantitative estimate of drug-likeness (QED) is 0.736. The van der Waals surface area contributed by atoms with Crippen molar-refractivity contribution in [1.29, 1.82) is 0 Å². The van der Waals surface area contributed by atoms with E-state index >= 15 is 0 Å². The van der Waals surface area contributed by atoms with Gasteiger partial charge in [-0.25, -0.2) is 4.68 Å². The predicted molar refractivity (Wildman–Crippen MR) is 114 cm³/mol. The molecule has 3 heterocycles. The fourth-order valence-electron chi connectivity index (χ4n) is 4.21. The molecule has 1 N–H and O–H groups in total. The zero-order valence-electron chi connectivity index (χ0n) is 18.0. The molecule has 7 heteroatoms. The van der Waals surface area contributed by atoms with E-state index in [0.29, 0.717) is 5.56 Å². The van der Waals surface area contributed by atoms with Crippen molar-refractivity contribution in [3.05, 3.63) is 51.1 Å². The van der Waals surface area contributed by atoms with E-state index in [1.165, 1.54) is 17.5 Å². The molecule has 0 radical (unpaired) electrons. The molecular formula is C22H30N6O. The lowest BCUT2D eigenvalue weighted by Gasteiger charge is -2.35. The Hall–Kier alpha value is -2.54. The molecule has 0 unspecified atom stereocenters. The van der Waals surface area contributed by atoms with Crippen molar-refractivity contribution >= 4 is 10.9 Å². The van der Waals surface area contributed by atoms with Gasteiger partial charge in [0.2, 0.25) is 0 Å². The number of benzene rings is 1. The Kier molecular flexibility index (Phi) is 5.02. The summed E-state index contributed by atoms with van der Waals surface area (Å²) in [6.07, 6.45) is 3.47. The van der Waals surface area contributed by atoms with Crippen LogP contribution in [0.3, 0.4) is 0 Å². The predicted octanol–water partition coefficient (Wildman–Crippen LogP) is 3.46. The number of hydrogen-bond acceptors (Lipinski definition) is 5. The number of rotatable bonds is 3. The summed E-state index contributed by atoms with van der Waals surface area (Å²) in [5.74, 6) is 0.730. The van der Waals surface area contributed by atoms with Gasteiger partial charge in [0, 0.05) is 11.1 Å². The number of tetrazole rings is 1. The highest BCUT2D eigenvalue weighted by Crippen LogP contribution is 2.31. The van der Waals surface area contributed by atoms with Crippen LogP contribution in [0.1, 0.15) is 68.6 Å². The summed E-state index contributed by atoms with van der Waals surface area (Å²) in [5, 5.41) is 13.7. The molecule has 1 aliphatic rings. The minimum atomic E-state index is -0.274. The van der Waals surface area contributed by atoms with Gasteiger partial charge in [0.25, 0.3) is 5.56 Å². The molecule has 0 spiro atoms. The van der Waals surface area contributed by atoms with Gasteiger partial charge in [-0.15, -0.1) is 5.10 Å². The minimum Gasteiger partial charge on any atom is -0.322 e. The summed E-state index contributed by atoms with van der Waals surface area (Å²) in [6.45, 7) is 12.3. The second-order valence-electron chi connectivity index (χ2n) is 9.20. The molecule has 1 fully saturated rings. The molecule has 154 valence electrons. The average Bonchev–Trinajstić information content (AvgIpc) is 3.15. The maximum atomic E-state index is 13.2. The first-order valence-electron chi connectivity index (χ1n) is 10.4. The van der Waals surface area contributed by atoms with Gasteiger partial charge in [-0.3, -0.25) is 9.69 Å². The molecule has 7 nitrogen and oxygen atoms in total. The molecule has 0 amide bonds. The second-order valence-corrected chi connectivity index (χ2v) is 9.20. The third-order valence-electron chi connectivity index (χ3n) is 5.91. The summed E-state index contributed by atoms with van der Waals surface area (Å²) in [5.41, 5.74) is 3.62. The largest absolute Gasteiger partial charge is 0.322 e. The molecule has 4 rings (SSSR count). The maximum Gasteiger partial charge on any atom is 0.253 e. The lowest BCUT2D eigenvalue weighted by Crippen LogP contribution is -2.40. The maximum absolute atomic E-state index is 13.2. The highest BCUT2D eigenvalue weighted by Gasteiger charge is 2.33. The van der Waals surface area contributed by atoms with E-state index in [1.807, 2.05) is 16.8 Å². The number of hydrogen-bond donors (Lipinski definition) is 1. The molecule has 2 aromatic heterocycles. The van der Waals surface area contributed by atoms with E-state index in [4.69, 9.17) is 0 Å². The Morgan fingerprint density at radius 1 is 1.03 bits per heavy atom. The first-order valence-corrected chi connectivity index (χ1v) is 10.4. The third kappa shape index (κ3) is 3.71. The molecule has 3 aromatic rings. The Morgan fingerprint density at radius 2 is 1.72 bits per heavy atom. The Balaban J connectivity index is 1.92. The van der Waals surface area contributed by atoms with Gasteiger partial charge in [-0.2, -0.15) is 0 Å². The van der Waals surface area contributed by atoms with Crippen LogP contribution in [0.25, 0.3) is 10.9 Å². The van der Waals surface area contributed by atoms with Crippen molar-refractivity contribution in [2.24, 2.45) is 0 Å². The van der Waals surface area contributed by atoms with Crippen LogP contribution in [-0.2, 0) is 5.54 Å². The van der Waals surface area contributed by atoms with Crippen molar-refractivity contribution < 1.29 is 0 Å². The molecule has 1 aliphatic heterocycles. The normalized spacial score (nSPS) is 17.0. The van der Waals surface area contributed by atoms with Crippen LogP contribution in [-0.4, -0.2) is 43.2 Å². The first-order chi connectivity index (χ1) is 13.8. The third-order valence-corrected chi connectivity index (χ3v) is 5.91. The number of nitrogens with zero attached hydrogens (tertiary/aromatic N) is 5. The molecule has 29 heavy (non-hydrogen) atoms. The van der Waals surface area contributed by atoms with Crippen LogP contribution in [0.4, 0.5) is 0 Å². The van der Waals surface area contributed by atoms with Gasteiger partial charge in [0.15, 0.2) is 5.82 Å². The number of aromatic nitrogens is 5. The molecule has 0 aliphatic carbocycles. The number of piperidine rings is 1. The topological polar surface area (TPSA) is 79.7 Å². The summed E-state index contributed by atoms with van der Waals surface area (Å²) in [7, 11) is 0. The van der Waals surface area contributed by atoms with E-state index in [1.54, 1.807) is 0 Å². The fraction of sp³-hybridized carbons (Fsp3) is 0.545. The van der Waals surface area contributed by atoms with Crippen molar-refractivity contribution in [3.63, 3.8) is 0 Å². The smallest absolute Gasteiger partial charge is 0.253 e. The van der Waals surface area contributed by atoms with Crippen LogP contribution in [0, 0.1) is 13.8 Å². The van der Waals surface area contributed by atoms with Crippen LogP contribution < -0.4 is 5.56 Å².